The zero-order chi connectivity index (χ0) is 19.5. The summed E-state index contributed by atoms with van der Waals surface area (Å²) in [6.07, 6.45) is 2.46. The molecule has 1 atom stereocenters. The van der Waals surface area contributed by atoms with Crippen molar-refractivity contribution in [3.05, 3.63) is 47.7 Å². The lowest BCUT2D eigenvalue weighted by Crippen LogP contribution is -2.46. The molecular formula is C22H28N4O2. The Bertz CT molecular complexity index is 812. The Kier molecular flexibility index (Phi) is 5.57. The highest BCUT2D eigenvalue weighted by molar-refractivity contribution is 5.76. The molecule has 0 aliphatic carbocycles. The third kappa shape index (κ3) is 4.17. The molecule has 4 rings (SSSR count). The van der Waals surface area contributed by atoms with Gasteiger partial charge >= 0.3 is 0 Å². The van der Waals surface area contributed by atoms with Gasteiger partial charge in [0.05, 0.1) is 13.2 Å². The minimum atomic E-state index is 0.243. The Morgan fingerprint density at radius 1 is 1.14 bits per heavy atom. The molecule has 0 unspecified atom stereocenters. The van der Waals surface area contributed by atoms with Gasteiger partial charge < -0.3 is 19.3 Å². The van der Waals surface area contributed by atoms with Crippen LogP contribution >= 0.6 is 0 Å². The molecule has 0 saturated carbocycles. The Morgan fingerprint density at radius 2 is 1.86 bits per heavy atom. The van der Waals surface area contributed by atoms with Gasteiger partial charge in [0.1, 0.15) is 11.6 Å². The second-order valence-electron chi connectivity index (χ2n) is 7.89. The first-order valence-electron chi connectivity index (χ1n) is 10.1. The number of morpholine rings is 1. The predicted octanol–water partition coefficient (Wildman–Crippen LogP) is 3.00. The molecule has 0 radical (unpaired) electrons. The van der Waals surface area contributed by atoms with Gasteiger partial charge in [0, 0.05) is 44.7 Å². The van der Waals surface area contributed by atoms with Gasteiger partial charge in [0.15, 0.2) is 0 Å². The van der Waals surface area contributed by atoms with Crippen molar-refractivity contribution < 1.29 is 9.53 Å². The van der Waals surface area contributed by atoms with E-state index in [1.165, 1.54) is 11.1 Å². The van der Waals surface area contributed by atoms with Crippen LogP contribution in [0.25, 0.3) is 0 Å². The molecule has 6 heteroatoms. The minimum absolute atomic E-state index is 0.243. The van der Waals surface area contributed by atoms with Crippen LogP contribution in [0.2, 0.25) is 0 Å². The van der Waals surface area contributed by atoms with Gasteiger partial charge in [-0.2, -0.15) is 4.98 Å². The van der Waals surface area contributed by atoms with E-state index >= 15 is 0 Å². The van der Waals surface area contributed by atoms with Crippen molar-refractivity contribution in [3.63, 3.8) is 0 Å². The highest BCUT2D eigenvalue weighted by Gasteiger charge is 2.29. The Labute approximate surface area is 166 Å². The number of Topliss-reactive ketones (excluding diaryl/α,β-unsaturated/α-hetero) is 1. The lowest BCUT2D eigenvalue weighted by molar-refractivity contribution is -0.117. The van der Waals surface area contributed by atoms with Gasteiger partial charge in [-0.3, -0.25) is 0 Å². The zero-order valence-corrected chi connectivity index (χ0v) is 16.7. The predicted molar refractivity (Wildman–Crippen MR) is 110 cm³/mol. The SMILES string of the molecule is CC(=O)C[C@@H](C)c1ccc(C2CN(c3ccnc(N4CCOCC4)n3)C2)cc1. The molecule has 28 heavy (non-hydrogen) atoms. The summed E-state index contributed by atoms with van der Waals surface area (Å²) >= 11 is 0. The molecule has 0 amide bonds. The number of carbonyl (C=O) groups excluding carboxylic acids is 1. The third-order valence-electron chi connectivity index (χ3n) is 5.70. The molecule has 2 aliphatic heterocycles. The van der Waals surface area contributed by atoms with Crippen LogP contribution in [-0.4, -0.2) is 55.1 Å². The third-order valence-corrected chi connectivity index (χ3v) is 5.70. The molecule has 1 aromatic heterocycles. The normalized spacial score (nSPS) is 18.6. The number of nitrogens with zero attached hydrogens (tertiary/aromatic N) is 4. The second-order valence-corrected chi connectivity index (χ2v) is 7.89. The molecule has 3 heterocycles. The average molecular weight is 380 g/mol. The minimum Gasteiger partial charge on any atom is -0.378 e. The van der Waals surface area contributed by atoms with Gasteiger partial charge in [0.2, 0.25) is 5.95 Å². The number of ketones is 1. The molecule has 2 fully saturated rings. The van der Waals surface area contributed by atoms with Gasteiger partial charge in [-0.25, -0.2) is 4.98 Å². The summed E-state index contributed by atoms with van der Waals surface area (Å²) in [5, 5.41) is 0. The maximum Gasteiger partial charge on any atom is 0.227 e. The number of anilines is 2. The number of benzene rings is 1. The van der Waals surface area contributed by atoms with Crippen LogP contribution in [0.1, 0.15) is 43.2 Å². The lowest BCUT2D eigenvalue weighted by atomic mass is 9.88. The van der Waals surface area contributed by atoms with Crippen LogP contribution < -0.4 is 9.80 Å². The first kappa shape index (κ1) is 18.9. The van der Waals surface area contributed by atoms with E-state index in [1.807, 2.05) is 12.3 Å². The molecular weight excluding hydrogens is 352 g/mol. The number of hydrogen-bond donors (Lipinski definition) is 0. The fourth-order valence-corrected chi connectivity index (χ4v) is 3.95. The van der Waals surface area contributed by atoms with E-state index in [2.05, 4.69) is 46.0 Å². The Morgan fingerprint density at radius 3 is 2.54 bits per heavy atom. The first-order valence-corrected chi connectivity index (χ1v) is 10.1. The van der Waals surface area contributed by atoms with Gasteiger partial charge in [0.25, 0.3) is 0 Å². The number of hydrogen-bond acceptors (Lipinski definition) is 6. The summed E-state index contributed by atoms with van der Waals surface area (Å²) in [5.41, 5.74) is 2.60. The molecule has 6 nitrogen and oxygen atoms in total. The zero-order valence-electron chi connectivity index (χ0n) is 16.7. The molecule has 2 aliphatic rings. The highest BCUT2D eigenvalue weighted by atomic mass is 16.5. The summed E-state index contributed by atoms with van der Waals surface area (Å²) in [4.78, 5) is 25.0. The van der Waals surface area contributed by atoms with E-state index in [4.69, 9.17) is 9.72 Å². The number of ether oxygens (including phenoxy) is 1. The van der Waals surface area contributed by atoms with Crippen molar-refractivity contribution in [2.24, 2.45) is 0 Å². The quantitative estimate of drug-likeness (QED) is 0.768. The number of aromatic nitrogens is 2. The fraction of sp³-hybridized carbons (Fsp3) is 0.500. The molecule has 0 N–H and O–H groups in total. The Balaban J connectivity index is 1.36. The topological polar surface area (TPSA) is 58.6 Å². The largest absolute Gasteiger partial charge is 0.378 e. The standard InChI is InChI=1S/C22H28N4O2/c1-16(13-17(2)27)18-3-5-19(6-4-18)20-14-26(15-20)21-7-8-23-22(24-21)25-9-11-28-12-10-25/h3-8,16,20H,9-15H2,1-2H3/t16-/m1/s1. The van der Waals surface area contributed by atoms with Crippen molar-refractivity contribution in [1.29, 1.82) is 0 Å². The van der Waals surface area contributed by atoms with E-state index in [9.17, 15) is 4.79 Å². The Hall–Kier alpha value is -2.47. The maximum atomic E-state index is 11.3. The summed E-state index contributed by atoms with van der Waals surface area (Å²) in [6, 6.07) is 10.8. The lowest BCUT2D eigenvalue weighted by Gasteiger charge is -2.41. The van der Waals surface area contributed by atoms with E-state index in [-0.39, 0.29) is 11.7 Å². The van der Waals surface area contributed by atoms with Crippen LogP contribution in [0.3, 0.4) is 0 Å². The molecule has 0 bridgehead atoms. The van der Waals surface area contributed by atoms with Gasteiger partial charge in [-0.15, -0.1) is 0 Å². The van der Waals surface area contributed by atoms with Crippen molar-refractivity contribution >= 4 is 17.5 Å². The molecule has 0 spiro atoms. The summed E-state index contributed by atoms with van der Waals surface area (Å²) in [7, 11) is 0. The van der Waals surface area contributed by atoms with E-state index in [0.717, 1.165) is 51.2 Å². The first-order chi connectivity index (χ1) is 13.6. The van der Waals surface area contributed by atoms with Crippen LogP contribution in [0, 0.1) is 0 Å². The van der Waals surface area contributed by atoms with Crippen LogP contribution in [0.4, 0.5) is 11.8 Å². The van der Waals surface area contributed by atoms with Crippen LogP contribution in [0.15, 0.2) is 36.5 Å². The second kappa shape index (κ2) is 8.27. The summed E-state index contributed by atoms with van der Waals surface area (Å²) < 4.78 is 5.41. The molecule has 148 valence electrons. The van der Waals surface area contributed by atoms with Gasteiger partial charge in [-0.1, -0.05) is 31.2 Å². The highest BCUT2D eigenvalue weighted by Crippen LogP contribution is 2.32. The number of rotatable bonds is 6. The molecule has 2 aromatic rings. The van der Waals surface area contributed by atoms with Crippen molar-refractivity contribution in [2.45, 2.75) is 32.1 Å². The smallest absolute Gasteiger partial charge is 0.227 e. The maximum absolute atomic E-state index is 11.3. The van der Waals surface area contributed by atoms with Crippen LogP contribution in [0.5, 0.6) is 0 Å². The fourth-order valence-electron chi connectivity index (χ4n) is 3.95. The monoisotopic (exact) mass is 380 g/mol. The van der Waals surface area contributed by atoms with Gasteiger partial charge in [-0.05, 0) is 30.0 Å². The number of carbonyl (C=O) groups is 1. The summed E-state index contributed by atoms with van der Waals surface area (Å²) in [5.74, 6) is 2.85. The molecule has 1 aromatic carbocycles. The average Bonchev–Trinajstić information content (AvgIpc) is 2.68. The molecule has 2 saturated heterocycles. The summed E-state index contributed by atoms with van der Waals surface area (Å²) in [6.45, 7) is 8.89. The van der Waals surface area contributed by atoms with E-state index in [1.54, 1.807) is 6.92 Å². The van der Waals surface area contributed by atoms with Crippen molar-refractivity contribution in [1.82, 2.24) is 9.97 Å². The van der Waals surface area contributed by atoms with Crippen molar-refractivity contribution in [3.8, 4) is 0 Å². The van der Waals surface area contributed by atoms with Crippen molar-refractivity contribution in [2.75, 3.05) is 49.2 Å². The van der Waals surface area contributed by atoms with E-state index < -0.39 is 0 Å². The van der Waals surface area contributed by atoms with E-state index in [0.29, 0.717) is 12.3 Å². The van der Waals surface area contributed by atoms with Crippen LogP contribution in [-0.2, 0) is 9.53 Å².